The third kappa shape index (κ3) is 7.84. The average Bonchev–Trinajstić information content (AvgIpc) is 3.19. The zero-order chi connectivity index (χ0) is 28.8. The second-order valence-electron chi connectivity index (χ2n) is 12.0. The first-order chi connectivity index (χ1) is 18.1. The van der Waals surface area contributed by atoms with Crippen LogP contribution in [0, 0.1) is 35.0 Å². The minimum Gasteiger partial charge on any atom is -0.746 e. The van der Waals surface area contributed by atoms with E-state index < -0.39 is 57.5 Å². The fourth-order valence-corrected chi connectivity index (χ4v) is 7.75. The van der Waals surface area contributed by atoms with Crippen molar-refractivity contribution in [2.45, 2.75) is 89.2 Å². The molecule has 0 aromatic rings. The Bertz CT molecular complexity index is 1040. The van der Waals surface area contributed by atoms with Crippen LogP contribution >= 0.6 is 0 Å². The van der Waals surface area contributed by atoms with E-state index in [0.29, 0.717) is 50.0 Å². The Morgan fingerprint density at radius 1 is 1.18 bits per heavy atom. The number of ether oxygens (including phenoxy) is 1. The molecule has 210 valence electrons. The van der Waals surface area contributed by atoms with Crippen molar-refractivity contribution in [3.8, 4) is 0 Å². The average molecular weight is 568 g/mol. The number of rotatable bonds is 11. The molecule has 0 aromatic heterocycles. The number of hydrogen-bond donors (Lipinski definition) is 4. The van der Waals surface area contributed by atoms with Crippen molar-refractivity contribution in [1.29, 1.82) is 0 Å². The van der Waals surface area contributed by atoms with Crippen molar-refractivity contribution < 1.29 is 69.5 Å². The Balaban J connectivity index is 0.00000441. The number of aliphatic hydroxyl groups excluding tert-OH is 1. The van der Waals surface area contributed by atoms with Gasteiger partial charge in [-0.3, -0.25) is 9.59 Å². The molecule has 5 aliphatic rings. The second-order valence-corrected chi connectivity index (χ2v) is 13.5. The van der Waals surface area contributed by atoms with Crippen molar-refractivity contribution in [2.24, 2.45) is 35.0 Å². The van der Waals surface area contributed by atoms with Gasteiger partial charge in [0, 0.05) is 17.9 Å². The first-order valence-electron chi connectivity index (χ1n) is 14.3. The SMILES string of the molecule is [2H]C([2H])(OC(=O)N[C@@H](CC(C)C)C(=O)N[C@@H](C[C@@H]1CCNC1=O)C(O)S(=O)(=O)[O-])C12CC3CC(CC(C3)C1)C2.[Na+]. The molecule has 0 radical (unpaired) electrons. The van der Waals surface area contributed by atoms with Crippen molar-refractivity contribution in [1.82, 2.24) is 16.0 Å². The largest absolute Gasteiger partial charge is 1.00 e. The maximum Gasteiger partial charge on any atom is 1.00 e. The Morgan fingerprint density at radius 3 is 2.24 bits per heavy atom. The molecular formula is C25H40N3NaO8S. The van der Waals surface area contributed by atoms with Gasteiger partial charge >= 0.3 is 35.7 Å². The van der Waals surface area contributed by atoms with E-state index in [1.807, 2.05) is 0 Å². The molecule has 0 spiro atoms. The number of nitrogens with one attached hydrogen (secondary N) is 3. The van der Waals surface area contributed by atoms with Crippen LogP contribution in [0.15, 0.2) is 0 Å². The normalized spacial score (nSPS) is 33.3. The predicted octanol–water partition coefficient (Wildman–Crippen LogP) is -1.78. The Morgan fingerprint density at radius 2 is 1.76 bits per heavy atom. The molecule has 38 heavy (non-hydrogen) atoms. The number of carbonyl (C=O) groups excluding carboxylic acids is 3. The molecule has 4 saturated carbocycles. The van der Waals surface area contributed by atoms with E-state index in [2.05, 4.69) is 16.0 Å². The molecule has 3 amide bonds. The topological polar surface area (TPSA) is 174 Å². The number of aliphatic hydroxyl groups is 1. The van der Waals surface area contributed by atoms with Crippen molar-refractivity contribution in [3.63, 3.8) is 0 Å². The van der Waals surface area contributed by atoms with Crippen LogP contribution in [0.25, 0.3) is 0 Å². The van der Waals surface area contributed by atoms with Crippen LogP contribution in [0.1, 0.15) is 74.4 Å². The summed E-state index contributed by atoms with van der Waals surface area (Å²) in [6.45, 7) is 1.69. The summed E-state index contributed by atoms with van der Waals surface area (Å²) in [4.78, 5) is 38.2. The number of carbonyl (C=O) groups is 3. The molecule has 11 nitrogen and oxygen atoms in total. The predicted molar refractivity (Wildman–Crippen MR) is 132 cm³/mol. The van der Waals surface area contributed by atoms with E-state index in [1.165, 1.54) is 0 Å². The van der Waals surface area contributed by atoms with E-state index in [9.17, 15) is 32.5 Å². The third-order valence-corrected chi connectivity index (χ3v) is 9.30. The summed E-state index contributed by atoms with van der Waals surface area (Å²) in [5, 5.41) is 17.5. The summed E-state index contributed by atoms with van der Waals surface area (Å²) < 4.78 is 57.5. The summed E-state index contributed by atoms with van der Waals surface area (Å²) in [5.41, 5.74) is -3.25. The van der Waals surface area contributed by atoms with Crippen molar-refractivity contribution in [2.75, 3.05) is 13.1 Å². The Kier molecular flexibility index (Phi) is 9.57. The second kappa shape index (κ2) is 12.7. The van der Waals surface area contributed by atoms with Gasteiger partial charge in [-0.2, -0.15) is 0 Å². The molecule has 1 saturated heterocycles. The van der Waals surface area contributed by atoms with Gasteiger partial charge in [-0.25, -0.2) is 13.2 Å². The van der Waals surface area contributed by atoms with Gasteiger partial charge in [0.25, 0.3) is 0 Å². The van der Waals surface area contributed by atoms with E-state index in [4.69, 9.17) is 7.48 Å². The van der Waals surface area contributed by atoms with Gasteiger partial charge in [0.2, 0.25) is 11.8 Å². The van der Waals surface area contributed by atoms with Crippen LogP contribution in [0.5, 0.6) is 0 Å². The van der Waals surface area contributed by atoms with Crippen molar-refractivity contribution >= 4 is 28.0 Å². The molecular weight excluding hydrogens is 525 g/mol. The van der Waals surface area contributed by atoms with Gasteiger partial charge in [-0.15, -0.1) is 0 Å². The van der Waals surface area contributed by atoms with Gasteiger partial charge in [-0.05, 0) is 81.5 Å². The van der Waals surface area contributed by atoms with Crippen LogP contribution in [0.4, 0.5) is 4.79 Å². The summed E-state index contributed by atoms with van der Waals surface area (Å²) in [6, 6.07) is -2.84. The summed E-state index contributed by atoms with van der Waals surface area (Å²) in [6.07, 6.45) is 4.29. The van der Waals surface area contributed by atoms with Gasteiger partial charge < -0.3 is 30.3 Å². The van der Waals surface area contributed by atoms with Crippen LogP contribution in [0.3, 0.4) is 0 Å². The summed E-state index contributed by atoms with van der Waals surface area (Å²) in [7, 11) is -5.23. The monoisotopic (exact) mass is 567 g/mol. The summed E-state index contributed by atoms with van der Waals surface area (Å²) in [5.74, 6) is -0.784. The first kappa shape index (κ1) is 28.6. The molecule has 5 fully saturated rings. The van der Waals surface area contributed by atoms with Crippen molar-refractivity contribution in [3.05, 3.63) is 0 Å². The Hall–Kier alpha value is -0.920. The molecule has 1 aliphatic heterocycles. The smallest absolute Gasteiger partial charge is 0.746 e. The standard InChI is InChI=1S/C25H41N3O8S.Na/c1-14(2)5-19(22(30)27-20(23(31)37(33,34)35)9-18-3-4-26-21(18)29)28-24(32)36-13-25-10-15-6-16(11-25)8-17(7-15)12-25;/h14-20,23,31H,3-13H2,1-2H3,(H,26,29)(H,27,30)(H,28,32)(H,33,34,35);/q;+1/p-1/t15?,16?,17?,18-,19-,20-,23?,25?;/m0./s1/i13D2;. The quantitative estimate of drug-likeness (QED) is 0.168. The minimum atomic E-state index is -5.23. The fraction of sp³-hybridized carbons (Fsp3) is 0.880. The summed E-state index contributed by atoms with van der Waals surface area (Å²) >= 11 is 0. The number of alkyl carbamates (subject to hydrolysis) is 1. The van der Waals surface area contributed by atoms with E-state index in [-0.39, 0.29) is 54.2 Å². The van der Waals surface area contributed by atoms with E-state index >= 15 is 0 Å². The van der Waals surface area contributed by atoms with E-state index in [1.54, 1.807) is 13.8 Å². The molecule has 13 heteroatoms. The van der Waals surface area contributed by atoms with Crippen LogP contribution in [0.2, 0.25) is 0 Å². The molecule has 4 aliphatic carbocycles. The molecule has 4 atom stereocenters. The molecule has 5 rings (SSSR count). The first-order valence-corrected chi connectivity index (χ1v) is 14.8. The molecule has 1 unspecified atom stereocenters. The maximum atomic E-state index is 13.2. The zero-order valence-corrected chi connectivity index (χ0v) is 25.2. The molecule has 0 aromatic carbocycles. The number of amides is 3. The minimum absolute atomic E-state index is 0. The third-order valence-electron chi connectivity index (χ3n) is 8.38. The molecule has 4 N–H and O–H groups in total. The van der Waals surface area contributed by atoms with Crippen LogP contribution in [-0.2, 0) is 24.4 Å². The molecule has 4 bridgehead atoms. The van der Waals surface area contributed by atoms with Gasteiger partial charge in [0.1, 0.15) is 16.2 Å². The van der Waals surface area contributed by atoms with Crippen LogP contribution < -0.4 is 45.5 Å². The zero-order valence-electron chi connectivity index (χ0n) is 24.4. The van der Waals surface area contributed by atoms with Gasteiger partial charge in [0.05, 0.1) is 15.3 Å². The fourth-order valence-electron chi connectivity index (χ4n) is 7.17. The van der Waals surface area contributed by atoms with Crippen LogP contribution in [-0.4, -0.2) is 66.6 Å². The van der Waals surface area contributed by atoms with Gasteiger partial charge in [-0.1, -0.05) is 13.8 Å². The maximum absolute atomic E-state index is 13.2. The Labute approximate surface area is 249 Å². The van der Waals surface area contributed by atoms with E-state index in [0.717, 1.165) is 19.3 Å². The molecule has 1 heterocycles. The van der Waals surface area contributed by atoms with Gasteiger partial charge in [0.15, 0.2) is 5.44 Å². The number of hydrogen-bond acceptors (Lipinski definition) is 8.